The Balaban J connectivity index is 1.80. The van der Waals surface area contributed by atoms with Gasteiger partial charge >= 0.3 is 0 Å². The van der Waals surface area contributed by atoms with Gasteiger partial charge in [-0.2, -0.15) is 0 Å². The Morgan fingerprint density at radius 2 is 1.98 bits per heavy atom. The van der Waals surface area contributed by atoms with Crippen LogP contribution in [0.2, 0.25) is 0 Å². The fraction of sp³-hybridized carbons (Fsp3) is 0.576. The number of aliphatic hydroxyl groups excluding tert-OH is 1. The van der Waals surface area contributed by atoms with Crippen molar-refractivity contribution < 1.29 is 28.6 Å². The number of halogens is 1. The molecule has 1 aliphatic heterocycles. The van der Waals surface area contributed by atoms with Gasteiger partial charge in [-0.25, -0.2) is 4.39 Å². The number of methoxy groups -OCH3 is 1. The lowest BCUT2D eigenvalue weighted by atomic mass is 9.97. The third-order valence-electron chi connectivity index (χ3n) is 7.64. The first-order valence-corrected chi connectivity index (χ1v) is 15.3. The van der Waals surface area contributed by atoms with E-state index in [9.17, 15) is 19.1 Å². The van der Waals surface area contributed by atoms with Gasteiger partial charge in [-0.05, 0) is 67.3 Å². The number of aliphatic hydroxyl groups is 1. The quantitative estimate of drug-likeness (QED) is 0.390. The number of amides is 2. The number of hydrogen-bond donors (Lipinski definition) is 3. The molecule has 2 amide bonds. The predicted octanol–water partition coefficient (Wildman–Crippen LogP) is 4.02. The first-order valence-electron chi connectivity index (χ1n) is 15.3. The summed E-state index contributed by atoms with van der Waals surface area (Å²) >= 11 is 0. The van der Waals surface area contributed by atoms with Crippen LogP contribution in [0.4, 0.5) is 4.39 Å². The highest BCUT2D eigenvalue weighted by Gasteiger charge is 2.28. The molecule has 0 saturated carbocycles. The lowest BCUT2D eigenvalue weighted by molar-refractivity contribution is -0.133. The van der Waals surface area contributed by atoms with E-state index < -0.39 is 23.9 Å². The van der Waals surface area contributed by atoms with Gasteiger partial charge < -0.3 is 30.1 Å². The minimum Gasteiger partial charge on any atom is -0.493 e. The molecule has 232 valence electrons. The maximum atomic E-state index is 14.6. The van der Waals surface area contributed by atoms with E-state index in [1.165, 1.54) is 24.8 Å². The average molecular weight is 586 g/mol. The highest BCUT2D eigenvalue weighted by Crippen LogP contribution is 2.20. The van der Waals surface area contributed by atoms with Gasteiger partial charge in [-0.15, -0.1) is 0 Å². The predicted molar refractivity (Wildman–Crippen MR) is 162 cm³/mol. The number of ether oxygens (including phenoxy) is 2. The topological polar surface area (TPSA) is 100 Å². The summed E-state index contributed by atoms with van der Waals surface area (Å²) in [6, 6.07) is 12.1. The summed E-state index contributed by atoms with van der Waals surface area (Å²) in [5.74, 6) is -0.891. The number of carbonyl (C=O) groups excluding carboxylic acids is 2. The standard InChI is InChI=1S/C33H48FN3O5/c1-4-13-37-14-6-7-15-42-29-18-26(17-28(34)20-29)19-30(36-33(40)27(23-41-3)11-12-32(37)39)31(38)22-35-21-25-10-8-9-24(5-2)16-25/h8-10,16-18,20,27,30-31,35,38H,4-7,11-15,19,21-23H2,1-3H3,(H,36,40). The first kappa shape index (κ1) is 33.5. The van der Waals surface area contributed by atoms with E-state index in [0.29, 0.717) is 44.0 Å². The van der Waals surface area contributed by atoms with Gasteiger partial charge in [0, 0.05) is 45.8 Å². The Labute approximate surface area is 250 Å². The van der Waals surface area contributed by atoms with E-state index in [1.54, 1.807) is 6.07 Å². The largest absolute Gasteiger partial charge is 0.493 e. The van der Waals surface area contributed by atoms with Crippen LogP contribution >= 0.6 is 0 Å². The van der Waals surface area contributed by atoms with Crippen LogP contribution in [0.15, 0.2) is 42.5 Å². The third-order valence-corrected chi connectivity index (χ3v) is 7.64. The molecule has 3 atom stereocenters. The maximum absolute atomic E-state index is 14.6. The van der Waals surface area contributed by atoms with Crippen molar-refractivity contribution in [1.82, 2.24) is 15.5 Å². The summed E-state index contributed by atoms with van der Waals surface area (Å²) < 4.78 is 25.8. The molecule has 0 saturated heterocycles. The number of nitrogens with zero attached hydrogens (tertiary/aromatic N) is 1. The van der Waals surface area contributed by atoms with E-state index >= 15 is 0 Å². The van der Waals surface area contributed by atoms with Gasteiger partial charge in [0.05, 0.1) is 31.3 Å². The van der Waals surface area contributed by atoms with Gasteiger partial charge in [0.15, 0.2) is 0 Å². The molecule has 2 aromatic carbocycles. The zero-order chi connectivity index (χ0) is 30.3. The van der Waals surface area contributed by atoms with Crippen LogP contribution in [0, 0.1) is 11.7 Å². The minimum absolute atomic E-state index is 0.0117. The van der Waals surface area contributed by atoms with E-state index in [4.69, 9.17) is 9.47 Å². The summed E-state index contributed by atoms with van der Waals surface area (Å²) in [5.41, 5.74) is 2.95. The molecule has 2 bridgehead atoms. The van der Waals surface area contributed by atoms with Crippen molar-refractivity contribution >= 4 is 11.8 Å². The van der Waals surface area contributed by atoms with E-state index in [-0.39, 0.29) is 37.8 Å². The van der Waals surface area contributed by atoms with Gasteiger partial charge in [0.1, 0.15) is 11.6 Å². The monoisotopic (exact) mass is 585 g/mol. The number of hydrogen-bond acceptors (Lipinski definition) is 6. The molecule has 3 N–H and O–H groups in total. The van der Waals surface area contributed by atoms with Crippen LogP contribution < -0.4 is 15.4 Å². The van der Waals surface area contributed by atoms with Crippen molar-refractivity contribution in [3.8, 4) is 5.75 Å². The van der Waals surface area contributed by atoms with Crippen LogP contribution in [0.25, 0.3) is 0 Å². The Kier molecular flexibility index (Phi) is 14.2. The normalized spacial score (nSPS) is 20.0. The van der Waals surface area contributed by atoms with Crippen molar-refractivity contribution in [3.63, 3.8) is 0 Å². The van der Waals surface area contributed by atoms with Crippen LogP contribution in [-0.2, 0) is 33.7 Å². The number of benzene rings is 2. The van der Waals surface area contributed by atoms with Gasteiger partial charge in [0.2, 0.25) is 11.8 Å². The molecule has 42 heavy (non-hydrogen) atoms. The molecule has 9 heteroatoms. The molecule has 0 radical (unpaired) electrons. The molecule has 0 spiro atoms. The first-order chi connectivity index (χ1) is 20.3. The summed E-state index contributed by atoms with van der Waals surface area (Å²) in [4.78, 5) is 28.4. The molecule has 1 heterocycles. The smallest absolute Gasteiger partial charge is 0.225 e. The summed E-state index contributed by atoms with van der Waals surface area (Å²) in [6.45, 7) is 6.73. The number of aryl methyl sites for hydroxylation is 1. The second-order valence-corrected chi connectivity index (χ2v) is 11.1. The molecule has 3 unspecified atom stereocenters. The molecule has 2 aromatic rings. The van der Waals surface area contributed by atoms with E-state index in [0.717, 1.165) is 31.2 Å². The Hall–Kier alpha value is -3.01. The maximum Gasteiger partial charge on any atom is 0.225 e. The van der Waals surface area contributed by atoms with Crippen molar-refractivity contribution in [3.05, 3.63) is 65.0 Å². The molecule has 0 aromatic heterocycles. The minimum atomic E-state index is -0.956. The second-order valence-electron chi connectivity index (χ2n) is 11.1. The summed E-state index contributed by atoms with van der Waals surface area (Å²) in [5, 5.41) is 17.5. The van der Waals surface area contributed by atoms with Crippen LogP contribution in [0.1, 0.15) is 62.6 Å². The molecular weight excluding hydrogens is 537 g/mol. The summed E-state index contributed by atoms with van der Waals surface area (Å²) in [7, 11) is 1.53. The molecule has 0 fully saturated rings. The fourth-order valence-electron chi connectivity index (χ4n) is 5.30. The third kappa shape index (κ3) is 11.0. The highest BCUT2D eigenvalue weighted by molar-refractivity contribution is 5.81. The molecule has 3 rings (SSSR count). The fourth-order valence-corrected chi connectivity index (χ4v) is 5.30. The number of fused-ring (bicyclic) bond motifs is 2. The van der Waals surface area contributed by atoms with Gasteiger partial charge in [-0.3, -0.25) is 9.59 Å². The average Bonchev–Trinajstić information content (AvgIpc) is 2.97. The van der Waals surface area contributed by atoms with Crippen molar-refractivity contribution in [2.24, 2.45) is 5.92 Å². The van der Waals surface area contributed by atoms with Gasteiger partial charge in [0.25, 0.3) is 0 Å². The Bertz CT molecular complexity index is 1130. The SMILES string of the molecule is CCCN1CCCCOc2cc(F)cc(c2)CC(C(O)CNCc2cccc(CC)c2)NC(=O)C(COC)CCC1=O. The van der Waals surface area contributed by atoms with Crippen molar-refractivity contribution in [2.45, 2.75) is 77.5 Å². The zero-order valence-electron chi connectivity index (χ0n) is 25.4. The Morgan fingerprint density at radius 1 is 1.17 bits per heavy atom. The van der Waals surface area contributed by atoms with Crippen LogP contribution in [0.3, 0.4) is 0 Å². The molecule has 8 nitrogen and oxygen atoms in total. The van der Waals surface area contributed by atoms with Crippen LogP contribution in [0.5, 0.6) is 5.75 Å². The number of carbonyl (C=O) groups is 2. The zero-order valence-corrected chi connectivity index (χ0v) is 25.4. The van der Waals surface area contributed by atoms with Gasteiger partial charge in [-0.1, -0.05) is 38.1 Å². The molecule has 1 aliphatic rings. The molecule has 0 aliphatic carbocycles. The van der Waals surface area contributed by atoms with Crippen LogP contribution in [-0.4, -0.2) is 73.9 Å². The Morgan fingerprint density at radius 3 is 2.74 bits per heavy atom. The molecular formula is C33H48FN3O5. The summed E-state index contributed by atoms with van der Waals surface area (Å²) in [6.07, 6.45) is 3.08. The lowest BCUT2D eigenvalue weighted by Gasteiger charge is -2.27. The van der Waals surface area contributed by atoms with Crippen molar-refractivity contribution in [2.75, 3.05) is 40.0 Å². The van der Waals surface area contributed by atoms with E-state index in [1.807, 2.05) is 24.0 Å². The van der Waals surface area contributed by atoms with Crippen molar-refractivity contribution in [1.29, 1.82) is 0 Å². The van der Waals surface area contributed by atoms with E-state index in [2.05, 4.69) is 29.7 Å². The second kappa shape index (κ2) is 17.8. The number of rotatable bonds is 10. The highest BCUT2D eigenvalue weighted by atomic mass is 19.1. The number of nitrogens with one attached hydrogen (secondary N) is 2. The lowest BCUT2D eigenvalue weighted by Crippen LogP contribution is -2.50.